The third-order valence-corrected chi connectivity index (χ3v) is 9.49. The van der Waals surface area contributed by atoms with Gasteiger partial charge in [0.2, 0.25) is 0 Å². The van der Waals surface area contributed by atoms with Crippen LogP contribution in [-0.2, 0) is 0 Å². The summed E-state index contributed by atoms with van der Waals surface area (Å²) >= 11 is 0. The molecule has 2 heterocycles. The number of nitrogens with zero attached hydrogens (tertiary/aromatic N) is 4. The zero-order chi connectivity index (χ0) is 37.4. The van der Waals surface area contributed by atoms with Crippen LogP contribution in [0.1, 0.15) is 23.6 Å². The van der Waals surface area contributed by atoms with E-state index in [0.717, 1.165) is 89.8 Å². The lowest BCUT2D eigenvalue weighted by Crippen LogP contribution is -2.02. The highest BCUT2D eigenvalue weighted by atomic mass is 14.9. The van der Waals surface area contributed by atoms with Crippen LogP contribution in [0.2, 0.25) is 0 Å². The van der Waals surface area contributed by atoms with E-state index in [4.69, 9.17) is 15.0 Å². The van der Waals surface area contributed by atoms with Crippen LogP contribution >= 0.6 is 0 Å². The maximum atomic E-state index is 5.46. The number of pyridine rings is 1. The van der Waals surface area contributed by atoms with Gasteiger partial charge in [-0.05, 0) is 53.5 Å². The number of hydrogen-bond donors (Lipinski definition) is 0. The molecule has 8 aromatic rings. The molecule has 0 aliphatic heterocycles. The van der Waals surface area contributed by atoms with Crippen LogP contribution in [0.4, 0.5) is 0 Å². The summed E-state index contributed by atoms with van der Waals surface area (Å²) in [5, 5.41) is 0. The molecule has 0 fully saturated rings. The number of allylic oxidation sites excluding steroid dienone is 2. The molecule has 0 radical (unpaired) electrons. The summed E-state index contributed by atoms with van der Waals surface area (Å²) in [5.74, 6) is 0. The van der Waals surface area contributed by atoms with E-state index < -0.39 is 0 Å². The Morgan fingerprint density at radius 2 is 0.891 bits per heavy atom. The van der Waals surface area contributed by atoms with Gasteiger partial charge in [0, 0.05) is 51.5 Å². The minimum atomic E-state index is 0.803. The number of aromatic nitrogens is 3. The molecule has 6 aromatic carbocycles. The summed E-state index contributed by atoms with van der Waals surface area (Å²) in [6.45, 7) is 6.49. The van der Waals surface area contributed by atoms with Crippen LogP contribution in [0.5, 0.6) is 0 Å². The molecule has 4 nitrogen and oxygen atoms in total. The molecule has 4 heteroatoms. The van der Waals surface area contributed by atoms with Crippen LogP contribution in [-0.4, -0.2) is 20.7 Å². The molecule has 2 aromatic heterocycles. The van der Waals surface area contributed by atoms with Crippen molar-refractivity contribution in [3.8, 4) is 56.2 Å². The molecule has 0 amide bonds. The van der Waals surface area contributed by atoms with Crippen molar-refractivity contribution in [2.75, 3.05) is 0 Å². The predicted octanol–water partition coefficient (Wildman–Crippen LogP) is 12.8. The van der Waals surface area contributed by atoms with E-state index in [1.54, 1.807) is 6.20 Å². The Balaban J connectivity index is 1.27. The van der Waals surface area contributed by atoms with E-state index in [1.807, 2.05) is 85.1 Å². The molecule has 0 N–H and O–H groups in total. The van der Waals surface area contributed by atoms with Gasteiger partial charge in [0.15, 0.2) is 0 Å². The fourth-order valence-corrected chi connectivity index (χ4v) is 6.64. The molecular formula is C51H38N4. The quantitative estimate of drug-likeness (QED) is 0.105. The maximum Gasteiger partial charge on any atom is 0.0973 e. The van der Waals surface area contributed by atoms with E-state index in [-0.39, 0.29) is 0 Å². The highest BCUT2D eigenvalue weighted by Crippen LogP contribution is 2.37. The van der Waals surface area contributed by atoms with Crippen LogP contribution in [0.15, 0.2) is 212 Å². The normalized spacial score (nSPS) is 11.7. The van der Waals surface area contributed by atoms with Crippen molar-refractivity contribution in [1.29, 1.82) is 0 Å². The number of aliphatic imine (C=N–C) groups is 1. The van der Waals surface area contributed by atoms with Gasteiger partial charge in [-0.1, -0.05) is 170 Å². The van der Waals surface area contributed by atoms with Crippen molar-refractivity contribution < 1.29 is 0 Å². The lowest BCUT2D eigenvalue weighted by Gasteiger charge is -2.16. The number of rotatable bonds is 10. The van der Waals surface area contributed by atoms with Crippen LogP contribution in [0.25, 0.3) is 67.4 Å². The summed E-state index contributed by atoms with van der Waals surface area (Å²) in [4.78, 5) is 20.5. The summed E-state index contributed by atoms with van der Waals surface area (Å²) in [6, 6.07) is 62.0. The maximum absolute atomic E-state index is 5.46. The molecule has 0 spiro atoms. The average Bonchev–Trinajstić information content (AvgIpc) is 3.27. The van der Waals surface area contributed by atoms with Gasteiger partial charge >= 0.3 is 0 Å². The van der Waals surface area contributed by atoms with E-state index in [0.29, 0.717) is 0 Å². The van der Waals surface area contributed by atoms with E-state index in [9.17, 15) is 0 Å². The highest BCUT2D eigenvalue weighted by Gasteiger charge is 2.20. The van der Waals surface area contributed by atoms with Gasteiger partial charge in [0.25, 0.3) is 0 Å². The summed E-state index contributed by atoms with van der Waals surface area (Å²) in [7, 11) is 0. The summed E-state index contributed by atoms with van der Waals surface area (Å²) in [6.07, 6.45) is 5.74. The lowest BCUT2D eigenvalue weighted by molar-refractivity contribution is 1.21. The molecule has 0 unspecified atom stereocenters. The molecule has 0 bridgehead atoms. The summed E-state index contributed by atoms with van der Waals surface area (Å²) in [5.41, 5.74) is 14.9. The molecule has 0 saturated heterocycles. The Kier molecular flexibility index (Phi) is 10.2. The van der Waals surface area contributed by atoms with Gasteiger partial charge in [-0.2, -0.15) is 0 Å². The Morgan fingerprint density at radius 3 is 1.44 bits per heavy atom. The standard InChI is InChI=1S/C51H38N4/c1-36(38-18-7-3-8-19-38)32-47(44-28-16-27-43(34-44)46-30-17-31-52-35-46)53-37(2)42-26-15-29-45(33-42)51-50(41-24-13-6-14-25-41)54-48(39-20-9-4-10-21-39)49(55-51)40-22-11-5-12-23-40/h3-35H,1H2,2H3/b47-32-,53-37+. The zero-order valence-electron chi connectivity index (χ0n) is 30.5. The Morgan fingerprint density at radius 1 is 0.455 bits per heavy atom. The lowest BCUT2D eigenvalue weighted by atomic mass is 9.97. The molecule has 0 saturated carbocycles. The molecule has 262 valence electrons. The Bertz CT molecular complexity index is 2630. The van der Waals surface area contributed by atoms with E-state index >= 15 is 0 Å². The number of hydrogen-bond acceptors (Lipinski definition) is 4. The third-order valence-electron chi connectivity index (χ3n) is 9.49. The fourth-order valence-electron chi connectivity index (χ4n) is 6.64. The second-order valence-electron chi connectivity index (χ2n) is 13.2. The van der Waals surface area contributed by atoms with Crippen LogP contribution in [0.3, 0.4) is 0 Å². The summed E-state index contributed by atoms with van der Waals surface area (Å²) < 4.78 is 0. The first-order valence-electron chi connectivity index (χ1n) is 18.3. The monoisotopic (exact) mass is 706 g/mol. The first-order chi connectivity index (χ1) is 27.1. The fraction of sp³-hybridized carbons (Fsp3) is 0.0196. The average molecular weight is 707 g/mol. The molecule has 0 aliphatic rings. The largest absolute Gasteiger partial charge is 0.264 e. The van der Waals surface area contributed by atoms with Gasteiger partial charge < -0.3 is 0 Å². The van der Waals surface area contributed by atoms with Crippen LogP contribution in [0, 0.1) is 0 Å². The predicted molar refractivity (Wildman–Crippen MR) is 229 cm³/mol. The van der Waals surface area contributed by atoms with E-state index in [1.165, 1.54) is 0 Å². The van der Waals surface area contributed by atoms with Crippen molar-refractivity contribution >= 4 is 17.0 Å². The molecule has 0 aliphatic carbocycles. The van der Waals surface area contributed by atoms with Gasteiger partial charge in [0.05, 0.1) is 28.5 Å². The Hall–Kier alpha value is -7.30. The van der Waals surface area contributed by atoms with Crippen molar-refractivity contribution in [2.45, 2.75) is 6.92 Å². The minimum Gasteiger partial charge on any atom is -0.264 e. The Labute approximate surface area is 322 Å². The second-order valence-corrected chi connectivity index (χ2v) is 13.2. The number of benzene rings is 6. The van der Waals surface area contributed by atoms with Gasteiger partial charge in [-0.3, -0.25) is 9.98 Å². The van der Waals surface area contributed by atoms with E-state index in [2.05, 4.69) is 128 Å². The van der Waals surface area contributed by atoms with Gasteiger partial charge in [-0.25, -0.2) is 9.97 Å². The van der Waals surface area contributed by atoms with Gasteiger partial charge in [0.1, 0.15) is 0 Å². The SMILES string of the molecule is C=C(/C=C(\N=C(/C)c1cccc(-c2nc(-c3ccccc3)c(-c3ccccc3)nc2-c2ccccc2)c1)c1cccc(-c2cccnc2)c1)c1ccccc1. The topological polar surface area (TPSA) is 51.0 Å². The molecule has 8 rings (SSSR count). The molecule has 0 atom stereocenters. The molecule has 55 heavy (non-hydrogen) atoms. The smallest absolute Gasteiger partial charge is 0.0973 e. The first-order valence-corrected chi connectivity index (χ1v) is 18.3. The molecular weight excluding hydrogens is 669 g/mol. The van der Waals surface area contributed by atoms with Crippen molar-refractivity contribution in [2.24, 2.45) is 4.99 Å². The van der Waals surface area contributed by atoms with Crippen molar-refractivity contribution in [3.63, 3.8) is 0 Å². The van der Waals surface area contributed by atoms with Crippen molar-refractivity contribution in [3.05, 3.63) is 224 Å². The minimum absolute atomic E-state index is 0.803. The second kappa shape index (κ2) is 16.2. The third kappa shape index (κ3) is 7.90. The zero-order valence-corrected chi connectivity index (χ0v) is 30.5. The van der Waals surface area contributed by atoms with Gasteiger partial charge in [-0.15, -0.1) is 0 Å². The van der Waals surface area contributed by atoms with Crippen LogP contribution < -0.4 is 0 Å². The van der Waals surface area contributed by atoms with Crippen molar-refractivity contribution in [1.82, 2.24) is 15.0 Å². The highest BCUT2D eigenvalue weighted by molar-refractivity contribution is 6.03. The first kappa shape index (κ1) is 34.8.